The predicted octanol–water partition coefficient (Wildman–Crippen LogP) is 4.02. The summed E-state index contributed by atoms with van der Waals surface area (Å²) in [4.78, 5) is 2.60. The summed E-state index contributed by atoms with van der Waals surface area (Å²) in [5, 5.41) is 0. The summed E-state index contributed by atoms with van der Waals surface area (Å²) in [6, 6.07) is 9.01. The first kappa shape index (κ1) is 13.4. The van der Waals surface area contributed by atoms with Crippen molar-refractivity contribution in [3.63, 3.8) is 0 Å². The van der Waals surface area contributed by atoms with Crippen LogP contribution in [0.1, 0.15) is 52.1 Å². The van der Waals surface area contributed by atoms with E-state index >= 15 is 0 Å². The Balaban J connectivity index is 2.30. The van der Waals surface area contributed by atoms with Gasteiger partial charge >= 0.3 is 0 Å². The van der Waals surface area contributed by atoms with Crippen molar-refractivity contribution in [3.8, 4) is 5.75 Å². The van der Waals surface area contributed by atoms with Crippen molar-refractivity contribution in [2.45, 2.75) is 52.1 Å². The molecule has 0 N–H and O–H groups in total. The first-order valence-corrected chi connectivity index (χ1v) is 7.02. The van der Waals surface area contributed by atoms with Crippen molar-refractivity contribution in [2.24, 2.45) is 0 Å². The number of para-hydroxylation sites is 1. The molecule has 0 amide bonds. The lowest BCUT2D eigenvalue weighted by atomic mass is 9.98. The Hall–Kier alpha value is -1.02. The lowest BCUT2D eigenvalue weighted by Crippen LogP contribution is -2.40. The maximum absolute atomic E-state index is 5.78. The molecule has 1 fully saturated rings. The fourth-order valence-corrected chi connectivity index (χ4v) is 2.94. The lowest BCUT2D eigenvalue weighted by Gasteiger charge is -2.37. The smallest absolute Gasteiger partial charge is 0.124 e. The van der Waals surface area contributed by atoms with Crippen LogP contribution in [0.4, 0.5) is 0 Å². The minimum atomic E-state index is 0.223. The molecule has 0 radical (unpaired) electrons. The summed E-state index contributed by atoms with van der Waals surface area (Å²) in [5.41, 5.74) is 1.58. The molecule has 2 rings (SSSR count). The maximum atomic E-state index is 5.78. The van der Waals surface area contributed by atoms with Gasteiger partial charge in [-0.1, -0.05) is 18.2 Å². The van der Waals surface area contributed by atoms with Gasteiger partial charge < -0.3 is 4.74 Å². The van der Waals surface area contributed by atoms with Gasteiger partial charge in [-0.25, -0.2) is 0 Å². The molecule has 1 aromatic carbocycles. The van der Waals surface area contributed by atoms with Crippen molar-refractivity contribution < 1.29 is 4.74 Å². The fourth-order valence-electron chi connectivity index (χ4n) is 2.94. The molecular formula is C16H25NO. The van der Waals surface area contributed by atoms with Gasteiger partial charge in [0.15, 0.2) is 0 Å². The van der Waals surface area contributed by atoms with Crippen LogP contribution in [-0.2, 0) is 0 Å². The average Bonchev–Trinajstić information content (AvgIpc) is 2.78. The molecule has 0 bridgehead atoms. The standard InChI is InChI=1S/C16H25NO/c1-5-18-15-11-7-6-9-13(15)14-10-8-12-17(14)16(2,3)4/h6-7,9,11,14H,5,8,10,12H2,1-4H3/t14-/m0/s1. The second kappa shape index (κ2) is 5.31. The average molecular weight is 247 g/mol. The minimum Gasteiger partial charge on any atom is -0.494 e. The molecule has 1 aliphatic rings. The van der Waals surface area contributed by atoms with Crippen LogP contribution in [0.15, 0.2) is 24.3 Å². The van der Waals surface area contributed by atoms with E-state index in [0.29, 0.717) is 6.04 Å². The summed E-state index contributed by atoms with van der Waals surface area (Å²) in [6.45, 7) is 10.9. The topological polar surface area (TPSA) is 12.5 Å². The van der Waals surface area contributed by atoms with Gasteiger partial charge in [0.05, 0.1) is 6.61 Å². The Labute approximate surface area is 111 Å². The highest BCUT2D eigenvalue weighted by Crippen LogP contribution is 2.40. The molecule has 1 heterocycles. The number of benzene rings is 1. The molecule has 0 saturated carbocycles. The molecular weight excluding hydrogens is 222 g/mol. The van der Waals surface area contributed by atoms with Gasteiger partial charge in [-0.15, -0.1) is 0 Å². The number of nitrogens with zero attached hydrogens (tertiary/aromatic N) is 1. The van der Waals surface area contributed by atoms with E-state index < -0.39 is 0 Å². The third-order valence-electron chi connectivity index (χ3n) is 3.69. The van der Waals surface area contributed by atoms with Crippen molar-refractivity contribution in [1.29, 1.82) is 0 Å². The maximum Gasteiger partial charge on any atom is 0.124 e. The van der Waals surface area contributed by atoms with E-state index in [2.05, 4.69) is 49.9 Å². The Morgan fingerprint density at radius 1 is 1.28 bits per heavy atom. The van der Waals surface area contributed by atoms with Crippen molar-refractivity contribution >= 4 is 0 Å². The highest BCUT2D eigenvalue weighted by molar-refractivity contribution is 5.36. The van der Waals surface area contributed by atoms with Crippen molar-refractivity contribution in [2.75, 3.05) is 13.2 Å². The van der Waals surface area contributed by atoms with E-state index in [1.807, 2.05) is 6.92 Å². The van der Waals surface area contributed by atoms with E-state index in [1.54, 1.807) is 0 Å². The van der Waals surface area contributed by atoms with Gasteiger partial charge in [0, 0.05) is 17.1 Å². The van der Waals surface area contributed by atoms with Crippen molar-refractivity contribution in [1.82, 2.24) is 4.90 Å². The van der Waals surface area contributed by atoms with Gasteiger partial charge in [0.2, 0.25) is 0 Å². The Bertz CT molecular complexity index is 394. The van der Waals surface area contributed by atoms with Gasteiger partial charge in [-0.3, -0.25) is 4.90 Å². The van der Waals surface area contributed by atoms with Gasteiger partial charge in [-0.2, -0.15) is 0 Å². The molecule has 2 nitrogen and oxygen atoms in total. The zero-order chi connectivity index (χ0) is 13.2. The SMILES string of the molecule is CCOc1ccccc1[C@@H]1CCCN1C(C)(C)C. The van der Waals surface area contributed by atoms with E-state index in [0.717, 1.165) is 12.4 Å². The highest BCUT2D eigenvalue weighted by Gasteiger charge is 2.34. The van der Waals surface area contributed by atoms with Crippen LogP contribution in [-0.4, -0.2) is 23.6 Å². The predicted molar refractivity (Wildman–Crippen MR) is 76.0 cm³/mol. The zero-order valence-electron chi connectivity index (χ0n) is 12.1. The van der Waals surface area contributed by atoms with Gasteiger partial charge in [-0.05, 0) is 53.1 Å². The van der Waals surface area contributed by atoms with Crippen LogP contribution >= 0.6 is 0 Å². The molecule has 18 heavy (non-hydrogen) atoms. The number of hydrogen-bond donors (Lipinski definition) is 0. The summed E-state index contributed by atoms with van der Waals surface area (Å²) < 4.78 is 5.78. The Morgan fingerprint density at radius 3 is 2.67 bits per heavy atom. The minimum absolute atomic E-state index is 0.223. The summed E-state index contributed by atoms with van der Waals surface area (Å²) in [6.07, 6.45) is 2.52. The fraction of sp³-hybridized carbons (Fsp3) is 0.625. The monoisotopic (exact) mass is 247 g/mol. The third-order valence-corrected chi connectivity index (χ3v) is 3.69. The molecule has 0 aliphatic carbocycles. The van der Waals surface area contributed by atoms with Crippen LogP contribution in [0.3, 0.4) is 0 Å². The number of likely N-dealkylation sites (tertiary alicyclic amines) is 1. The molecule has 0 unspecified atom stereocenters. The van der Waals surface area contributed by atoms with Crippen LogP contribution in [0.5, 0.6) is 5.75 Å². The molecule has 1 aliphatic heterocycles. The van der Waals surface area contributed by atoms with E-state index in [4.69, 9.17) is 4.74 Å². The molecule has 0 aromatic heterocycles. The van der Waals surface area contributed by atoms with Crippen LogP contribution in [0, 0.1) is 0 Å². The highest BCUT2D eigenvalue weighted by atomic mass is 16.5. The van der Waals surface area contributed by atoms with Crippen molar-refractivity contribution in [3.05, 3.63) is 29.8 Å². The molecule has 1 saturated heterocycles. The molecule has 0 spiro atoms. The first-order chi connectivity index (χ1) is 8.54. The number of rotatable bonds is 3. The largest absolute Gasteiger partial charge is 0.494 e. The normalized spacial score (nSPS) is 21.2. The van der Waals surface area contributed by atoms with E-state index in [-0.39, 0.29) is 5.54 Å². The Morgan fingerprint density at radius 2 is 2.00 bits per heavy atom. The molecule has 1 aromatic rings. The van der Waals surface area contributed by atoms with Gasteiger partial charge in [0.25, 0.3) is 0 Å². The second-order valence-electron chi connectivity index (χ2n) is 5.99. The Kier molecular flexibility index (Phi) is 3.96. The molecule has 100 valence electrons. The van der Waals surface area contributed by atoms with Crippen LogP contribution in [0.25, 0.3) is 0 Å². The van der Waals surface area contributed by atoms with Crippen LogP contribution < -0.4 is 4.74 Å². The molecule has 1 atom stereocenters. The van der Waals surface area contributed by atoms with Crippen LogP contribution in [0.2, 0.25) is 0 Å². The third kappa shape index (κ3) is 2.69. The quantitative estimate of drug-likeness (QED) is 0.800. The van der Waals surface area contributed by atoms with E-state index in [9.17, 15) is 0 Å². The van der Waals surface area contributed by atoms with Gasteiger partial charge in [0.1, 0.15) is 5.75 Å². The second-order valence-corrected chi connectivity index (χ2v) is 5.99. The zero-order valence-corrected chi connectivity index (χ0v) is 12.1. The first-order valence-electron chi connectivity index (χ1n) is 7.02. The molecule has 2 heteroatoms. The number of ether oxygens (including phenoxy) is 1. The number of hydrogen-bond acceptors (Lipinski definition) is 2. The van der Waals surface area contributed by atoms with E-state index in [1.165, 1.54) is 24.9 Å². The summed E-state index contributed by atoms with van der Waals surface area (Å²) >= 11 is 0. The summed E-state index contributed by atoms with van der Waals surface area (Å²) in [5.74, 6) is 1.06. The summed E-state index contributed by atoms with van der Waals surface area (Å²) in [7, 11) is 0. The lowest BCUT2D eigenvalue weighted by molar-refractivity contribution is 0.119.